The first-order valence-corrected chi connectivity index (χ1v) is 8.16. The molecule has 4 heteroatoms. The number of aliphatic hydroxyl groups is 1. The Morgan fingerprint density at radius 3 is 2.47 bits per heavy atom. The summed E-state index contributed by atoms with van der Waals surface area (Å²) < 4.78 is 0. The molecule has 1 aliphatic rings. The number of aliphatic hydroxyl groups excluding tert-OH is 1. The quantitative estimate of drug-likeness (QED) is 0.864. The number of aromatic nitrogens is 1. The number of rotatable bonds is 6. The maximum Gasteiger partial charge on any atom is 0.186 e. The lowest BCUT2D eigenvalue weighted by atomic mass is 9.91. The topological polar surface area (TPSA) is 36.4 Å². The van der Waals surface area contributed by atoms with Crippen molar-refractivity contribution in [3.05, 3.63) is 10.6 Å². The summed E-state index contributed by atoms with van der Waals surface area (Å²) in [5, 5.41) is 10.7. The average molecular weight is 282 g/mol. The average Bonchev–Trinajstić information content (AvgIpc) is 3.07. The fourth-order valence-corrected chi connectivity index (χ4v) is 3.53. The Hall–Kier alpha value is -0.610. The van der Waals surface area contributed by atoms with E-state index >= 15 is 0 Å². The van der Waals surface area contributed by atoms with Crippen LogP contribution in [-0.2, 0) is 12.0 Å². The maximum absolute atomic E-state index is 9.56. The highest BCUT2D eigenvalue weighted by Crippen LogP contribution is 2.38. The van der Waals surface area contributed by atoms with Gasteiger partial charge in [-0.25, -0.2) is 4.98 Å². The Labute approximate surface area is 120 Å². The lowest BCUT2D eigenvalue weighted by Gasteiger charge is -2.21. The molecule has 0 atom stereocenters. The van der Waals surface area contributed by atoms with E-state index in [0.717, 1.165) is 22.2 Å². The van der Waals surface area contributed by atoms with Crippen LogP contribution in [0.1, 0.15) is 63.9 Å². The predicted molar refractivity (Wildman–Crippen MR) is 82.0 cm³/mol. The van der Waals surface area contributed by atoms with Crippen LogP contribution in [0.15, 0.2) is 0 Å². The van der Waals surface area contributed by atoms with Gasteiger partial charge in [-0.05, 0) is 19.3 Å². The lowest BCUT2D eigenvalue weighted by molar-refractivity contribution is 0.282. The van der Waals surface area contributed by atoms with E-state index in [-0.39, 0.29) is 12.0 Å². The van der Waals surface area contributed by atoms with E-state index in [0.29, 0.717) is 6.04 Å². The van der Waals surface area contributed by atoms with E-state index in [9.17, 15) is 5.11 Å². The summed E-state index contributed by atoms with van der Waals surface area (Å²) in [6.07, 6.45) is 5.02. The van der Waals surface area contributed by atoms with Crippen LogP contribution >= 0.6 is 11.3 Å². The SMILES string of the molecule is CCCCN(c1nc(C(C)(C)C)c(CO)s1)C1CC1. The summed E-state index contributed by atoms with van der Waals surface area (Å²) in [5.41, 5.74) is 1.07. The van der Waals surface area contributed by atoms with Gasteiger partial charge in [0.2, 0.25) is 0 Å². The fraction of sp³-hybridized carbons (Fsp3) is 0.800. The summed E-state index contributed by atoms with van der Waals surface area (Å²) in [6, 6.07) is 0.692. The normalized spacial score (nSPS) is 15.8. The molecule has 0 bridgehead atoms. The van der Waals surface area contributed by atoms with Crippen molar-refractivity contribution in [2.24, 2.45) is 0 Å². The van der Waals surface area contributed by atoms with E-state index in [1.54, 1.807) is 11.3 Å². The molecule has 0 aliphatic heterocycles. The van der Waals surface area contributed by atoms with Crippen LogP contribution in [0, 0.1) is 0 Å². The van der Waals surface area contributed by atoms with Gasteiger partial charge in [0.25, 0.3) is 0 Å². The molecule has 0 aromatic carbocycles. The molecule has 1 N–H and O–H groups in total. The number of anilines is 1. The highest BCUT2D eigenvalue weighted by molar-refractivity contribution is 7.15. The molecule has 2 rings (SSSR count). The van der Waals surface area contributed by atoms with Crippen molar-refractivity contribution in [1.82, 2.24) is 4.98 Å². The summed E-state index contributed by atoms with van der Waals surface area (Å²) >= 11 is 1.68. The van der Waals surface area contributed by atoms with E-state index in [1.807, 2.05) is 0 Å². The summed E-state index contributed by atoms with van der Waals surface area (Å²) in [6.45, 7) is 9.93. The molecule has 1 fully saturated rings. The van der Waals surface area contributed by atoms with Crippen molar-refractivity contribution in [3.63, 3.8) is 0 Å². The van der Waals surface area contributed by atoms with Gasteiger partial charge in [0.15, 0.2) is 5.13 Å². The van der Waals surface area contributed by atoms with Crippen molar-refractivity contribution in [2.75, 3.05) is 11.4 Å². The minimum absolute atomic E-state index is 0.00674. The van der Waals surface area contributed by atoms with Gasteiger partial charge in [-0.3, -0.25) is 0 Å². The monoisotopic (exact) mass is 282 g/mol. The van der Waals surface area contributed by atoms with Gasteiger partial charge in [0.1, 0.15) is 0 Å². The number of hydrogen-bond donors (Lipinski definition) is 1. The van der Waals surface area contributed by atoms with Crippen LogP contribution in [0.3, 0.4) is 0 Å². The first-order chi connectivity index (χ1) is 8.97. The van der Waals surface area contributed by atoms with Crippen molar-refractivity contribution in [1.29, 1.82) is 0 Å². The molecule has 108 valence electrons. The van der Waals surface area contributed by atoms with Gasteiger partial charge >= 0.3 is 0 Å². The Morgan fingerprint density at radius 2 is 2.05 bits per heavy atom. The van der Waals surface area contributed by atoms with E-state index in [4.69, 9.17) is 4.98 Å². The minimum atomic E-state index is 0.00674. The van der Waals surface area contributed by atoms with Gasteiger partial charge in [-0.15, -0.1) is 0 Å². The number of thiazole rings is 1. The highest BCUT2D eigenvalue weighted by atomic mass is 32.1. The lowest BCUT2D eigenvalue weighted by Crippen LogP contribution is -2.27. The maximum atomic E-state index is 9.56. The highest BCUT2D eigenvalue weighted by Gasteiger charge is 2.32. The molecule has 0 radical (unpaired) electrons. The minimum Gasteiger partial charge on any atom is -0.391 e. The number of unbranched alkanes of at least 4 members (excludes halogenated alkanes) is 1. The van der Waals surface area contributed by atoms with E-state index in [2.05, 4.69) is 32.6 Å². The third kappa shape index (κ3) is 3.48. The number of hydrogen-bond acceptors (Lipinski definition) is 4. The predicted octanol–water partition coefficient (Wildman–Crippen LogP) is 3.70. The van der Waals surface area contributed by atoms with Crippen LogP contribution in [-0.4, -0.2) is 22.7 Å². The van der Waals surface area contributed by atoms with Crippen molar-refractivity contribution >= 4 is 16.5 Å². The fourth-order valence-electron chi connectivity index (χ4n) is 2.30. The molecule has 0 amide bonds. The molecular formula is C15H26N2OS. The Balaban J connectivity index is 2.25. The second kappa shape index (κ2) is 5.80. The Bertz CT molecular complexity index is 418. The zero-order valence-corrected chi connectivity index (χ0v) is 13.4. The van der Waals surface area contributed by atoms with Crippen LogP contribution in [0.5, 0.6) is 0 Å². The van der Waals surface area contributed by atoms with Crippen molar-refractivity contribution in [3.8, 4) is 0 Å². The van der Waals surface area contributed by atoms with Gasteiger partial charge in [-0.2, -0.15) is 0 Å². The molecule has 1 heterocycles. The first-order valence-electron chi connectivity index (χ1n) is 7.35. The van der Waals surface area contributed by atoms with Crippen LogP contribution in [0.4, 0.5) is 5.13 Å². The molecule has 1 aromatic heterocycles. The largest absolute Gasteiger partial charge is 0.391 e. The first kappa shape index (κ1) is 14.8. The molecule has 0 saturated heterocycles. The second-order valence-corrected chi connectivity index (χ2v) is 7.52. The van der Waals surface area contributed by atoms with Crippen LogP contribution in [0.25, 0.3) is 0 Å². The zero-order valence-electron chi connectivity index (χ0n) is 12.6. The Morgan fingerprint density at radius 1 is 1.37 bits per heavy atom. The zero-order chi connectivity index (χ0) is 14.0. The summed E-state index contributed by atoms with van der Waals surface area (Å²) in [4.78, 5) is 8.34. The molecule has 19 heavy (non-hydrogen) atoms. The molecule has 1 aliphatic carbocycles. The number of nitrogens with zero attached hydrogens (tertiary/aromatic N) is 2. The van der Waals surface area contributed by atoms with Crippen LogP contribution in [0.2, 0.25) is 0 Å². The summed E-state index contributed by atoms with van der Waals surface area (Å²) in [7, 11) is 0. The van der Waals surface area contributed by atoms with Gasteiger partial charge in [0.05, 0.1) is 17.2 Å². The van der Waals surface area contributed by atoms with E-state index < -0.39 is 0 Å². The molecule has 0 unspecified atom stereocenters. The second-order valence-electron chi connectivity index (χ2n) is 6.45. The third-order valence-electron chi connectivity index (χ3n) is 3.53. The summed E-state index contributed by atoms with van der Waals surface area (Å²) in [5.74, 6) is 0. The molecule has 1 aromatic rings. The van der Waals surface area contributed by atoms with Gasteiger partial charge < -0.3 is 10.0 Å². The van der Waals surface area contributed by atoms with Crippen molar-refractivity contribution < 1.29 is 5.11 Å². The van der Waals surface area contributed by atoms with E-state index in [1.165, 1.54) is 25.7 Å². The molecule has 0 spiro atoms. The molecule has 1 saturated carbocycles. The van der Waals surface area contributed by atoms with Crippen molar-refractivity contribution in [2.45, 2.75) is 71.4 Å². The van der Waals surface area contributed by atoms with Gasteiger partial charge in [0, 0.05) is 18.0 Å². The third-order valence-corrected chi connectivity index (χ3v) is 4.60. The van der Waals surface area contributed by atoms with Gasteiger partial charge in [-0.1, -0.05) is 45.5 Å². The smallest absolute Gasteiger partial charge is 0.186 e. The standard InChI is InChI=1S/C15H26N2OS/c1-5-6-9-17(11-7-8-11)14-16-13(15(2,3)4)12(10-18)19-14/h11,18H,5-10H2,1-4H3. The Kier molecular flexibility index (Phi) is 4.51. The molecule has 3 nitrogen and oxygen atoms in total. The van der Waals surface area contributed by atoms with Crippen LogP contribution < -0.4 is 4.90 Å². The molecular weight excluding hydrogens is 256 g/mol.